The highest BCUT2D eigenvalue weighted by Gasteiger charge is 2.26. The average Bonchev–Trinajstić information content (AvgIpc) is 3.89. The average molecular weight is 721 g/mol. The number of methoxy groups -OCH3 is 2. The van der Waals surface area contributed by atoms with Crippen LogP contribution in [0.4, 0.5) is 0 Å². The van der Waals surface area contributed by atoms with Crippen molar-refractivity contribution in [3.63, 3.8) is 0 Å². The van der Waals surface area contributed by atoms with Crippen LogP contribution in [0.1, 0.15) is 134 Å². The van der Waals surface area contributed by atoms with Crippen LogP contribution in [0.15, 0.2) is 92.2 Å². The summed E-state index contributed by atoms with van der Waals surface area (Å²) in [6.07, 6.45) is 14.4. The molecule has 0 aromatic rings. The second-order valence-electron chi connectivity index (χ2n) is 15.5. The normalized spacial score (nSPS) is 23.4. The van der Waals surface area contributed by atoms with Crippen LogP contribution < -0.4 is 0 Å². The van der Waals surface area contributed by atoms with Crippen LogP contribution in [0.2, 0.25) is 0 Å². The van der Waals surface area contributed by atoms with Crippen molar-refractivity contribution in [2.45, 2.75) is 134 Å². The largest absolute Gasteiger partial charge is 0.380 e. The molecule has 52 heavy (non-hydrogen) atoms. The first kappa shape index (κ1) is 47.8. The number of allylic oxidation sites excluding steroid dienone is 10. The number of rotatable bonds is 14. The van der Waals surface area contributed by atoms with Gasteiger partial charge >= 0.3 is 0 Å². The quantitative estimate of drug-likeness (QED) is 0.167. The highest BCUT2D eigenvalue weighted by Crippen LogP contribution is 2.38. The first-order valence-electron chi connectivity index (χ1n) is 20.2. The van der Waals surface area contributed by atoms with Gasteiger partial charge in [0.05, 0.1) is 26.4 Å². The monoisotopic (exact) mass is 721 g/mol. The molecule has 0 radical (unpaired) electrons. The molecular weight excluding hydrogens is 641 g/mol. The third kappa shape index (κ3) is 14.9. The third-order valence-corrected chi connectivity index (χ3v) is 11.8. The van der Waals surface area contributed by atoms with Crippen LogP contribution in [0.25, 0.3) is 0 Å². The molecule has 4 heteroatoms. The molecule has 0 spiro atoms. The molecule has 0 aromatic heterocycles. The van der Waals surface area contributed by atoms with Gasteiger partial charge in [-0.15, -0.1) is 0 Å². The lowest BCUT2D eigenvalue weighted by atomic mass is 9.93. The van der Waals surface area contributed by atoms with Gasteiger partial charge in [-0.25, -0.2) is 0 Å². The summed E-state index contributed by atoms with van der Waals surface area (Å²) in [6.45, 7) is 38.8. The molecule has 4 aliphatic rings. The third-order valence-electron chi connectivity index (χ3n) is 11.8. The molecule has 0 saturated heterocycles. The van der Waals surface area contributed by atoms with Gasteiger partial charge in [-0.3, -0.25) is 0 Å². The zero-order valence-electron chi connectivity index (χ0n) is 36.4. The summed E-state index contributed by atoms with van der Waals surface area (Å²) in [5.41, 5.74) is 17.6. The molecule has 4 atom stereocenters. The first-order chi connectivity index (χ1) is 24.7. The van der Waals surface area contributed by atoms with Crippen molar-refractivity contribution in [1.82, 2.24) is 0 Å². The summed E-state index contributed by atoms with van der Waals surface area (Å²) in [7, 11) is 3.54. The Labute approximate surface area is 322 Å². The molecule has 0 aliphatic heterocycles. The van der Waals surface area contributed by atoms with Crippen molar-refractivity contribution in [2.75, 3.05) is 53.9 Å². The maximum Gasteiger partial charge on any atom is 0.0685 e. The van der Waals surface area contributed by atoms with Gasteiger partial charge in [-0.2, -0.15) is 0 Å². The summed E-state index contributed by atoms with van der Waals surface area (Å²) >= 11 is 0. The maximum atomic E-state index is 5.53. The van der Waals surface area contributed by atoms with Gasteiger partial charge < -0.3 is 18.9 Å². The Morgan fingerprint density at radius 2 is 0.788 bits per heavy atom. The van der Waals surface area contributed by atoms with E-state index < -0.39 is 0 Å². The van der Waals surface area contributed by atoms with Crippen LogP contribution in [0.3, 0.4) is 0 Å². The molecule has 0 saturated carbocycles. The van der Waals surface area contributed by atoms with Crippen molar-refractivity contribution in [3.05, 3.63) is 92.2 Å². The molecular formula is C48H80O4. The van der Waals surface area contributed by atoms with Gasteiger partial charge in [-0.1, -0.05) is 69.9 Å². The van der Waals surface area contributed by atoms with E-state index in [2.05, 4.69) is 101 Å². The fourth-order valence-electron chi connectivity index (χ4n) is 8.10. The molecule has 4 nitrogen and oxygen atoms in total. The fourth-order valence-corrected chi connectivity index (χ4v) is 8.10. The van der Waals surface area contributed by atoms with E-state index >= 15 is 0 Å². The van der Waals surface area contributed by atoms with E-state index in [0.29, 0.717) is 23.7 Å². The maximum absolute atomic E-state index is 5.53. The Balaban J connectivity index is 0.000000347. The Morgan fingerprint density at radius 3 is 1.06 bits per heavy atom. The molecule has 0 heterocycles. The highest BCUT2D eigenvalue weighted by molar-refractivity contribution is 5.31. The summed E-state index contributed by atoms with van der Waals surface area (Å²) < 4.78 is 21.4. The minimum Gasteiger partial charge on any atom is -0.380 e. The van der Waals surface area contributed by atoms with E-state index in [1.165, 1.54) is 113 Å². The van der Waals surface area contributed by atoms with Gasteiger partial charge in [0.1, 0.15) is 0 Å². The predicted octanol–water partition coefficient (Wildman–Crippen LogP) is 13.3. The summed E-state index contributed by atoms with van der Waals surface area (Å²) in [6, 6.07) is 0. The minimum absolute atomic E-state index is 0.588. The lowest BCUT2D eigenvalue weighted by Crippen LogP contribution is -2.08. The molecule has 0 fully saturated rings. The van der Waals surface area contributed by atoms with Gasteiger partial charge in [0.25, 0.3) is 0 Å². The Hall–Kier alpha value is -2.24. The Bertz CT molecular complexity index is 1330. The lowest BCUT2D eigenvalue weighted by molar-refractivity contribution is 0.166. The predicted molar refractivity (Wildman–Crippen MR) is 227 cm³/mol. The molecule has 296 valence electrons. The van der Waals surface area contributed by atoms with Crippen LogP contribution in [-0.4, -0.2) is 53.9 Å². The summed E-state index contributed by atoms with van der Waals surface area (Å²) in [4.78, 5) is 0. The van der Waals surface area contributed by atoms with Gasteiger partial charge in [-0.05, 0) is 157 Å². The number of hydrogen-bond acceptors (Lipinski definition) is 4. The van der Waals surface area contributed by atoms with Crippen LogP contribution >= 0.6 is 0 Å². The van der Waals surface area contributed by atoms with E-state index in [4.69, 9.17) is 18.9 Å². The topological polar surface area (TPSA) is 36.9 Å². The summed E-state index contributed by atoms with van der Waals surface area (Å²) in [5.74, 6) is 2.49. The van der Waals surface area contributed by atoms with Crippen molar-refractivity contribution in [2.24, 2.45) is 23.7 Å². The van der Waals surface area contributed by atoms with Crippen LogP contribution in [0, 0.1) is 23.7 Å². The van der Waals surface area contributed by atoms with Crippen molar-refractivity contribution in [3.8, 4) is 0 Å². The highest BCUT2D eigenvalue weighted by atomic mass is 16.5. The lowest BCUT2D eigenvalue weighted by Gasteiger charge is -2.16. The van der Waals surface area contributed by atoms with Crippen molar-refractivity contribution >= 4 is 0 Å². The van der Waals surface area contributed by atoms with Gasteiger partial charge in [0.2, 0.25) is 0 Å². The van der Waals surface area contributed by atoms with Crippen LogP contribution in [0.5, 0.6) is 0 Å². The second kappa shape index (κ2) is 25.7. The van der Waals surface area contributed by atoms with E-state index in [-0.39, 0.29) is 0 Å². The number of hydrogen-bond donors (Lipinski definition) is 0. The zero-order chi connectivity index (χ0) is 39.4. The van der Waals surface area contributed by atoms with Gasteiger partial charge in [0.15, 0.2) is 0 Å². The first-order valence-corrected chi connectivity index (χ1v) is 20.2. The molecule has 0 amide bonds. The van der Waals surface area contributed by atoms with Crippen LogP contribution in [-0.2, 0) is 18.9 Å². The van der Waals surface area contributed by atoms with E-state index in [0.717, 1.165) is 39.6 Å². The Kier molecular flexibility index (Phi) is 23.6. The molecule has 4 aliphatic carbocycles. The fraction of sp³-hybridized carbons (Fsp3) is 0.667. The Morgan fingerprint density at radius 1 is 0.519 bits per heavy atom. The van der Waals surface area contributed by atoms with Crippen molar-refractivity contribution in [1.29, 1.82) is 0 Å². The molecule has 0 N–H and O–H groups in total. The van der Waals surface area contributed by atoms with Gasteiger partial charge in [0, 0.05) is 51.1 Å². The number of ether oxygens (including phenoxy) is 4. The zero-order valence-corrected chi connectivity index (χ0v) is 36.4. The van der Waals surface area contributed by atoms with Crippen molar-refractivity contribution < 1.29 is 18.9 Å². The second-order valence-corrected chi connectivity index (χ2v) is 15.5. The summed E-state index contributed by atoms with van der Waals surface area (Å²) in [5, 5.41) is 0. The SMILES string of the molecule is C=C(C)C1CCC(C)=C1COC.C=C(C)C1CCC(C)=C1COCC.CC=C(C)C1CCC(C)=C1COC.CC=C(C)C1CCC(C)=C1COCC. The molecule has 4 rings (SSSR count). The smallest absolute Gasteiger partial charge is 0.0685 e. The van der Waals surface area contributed by atoms with E-state index in [1.54, 1.807) is 19.8 Å². The molecule has 4 unspecified atom stereocenters. The molecule has 0 bridgehead atoms. The standard InChI is InChI=1S/C13H22O.2C12H20O.C11H18O/c1-5-10(3)12-8-7-11(4)13(12)9-14-6-2;1-5-9(2)11-7-6-10(3)12(11)8-13-4;1-5-13-8-12-10(4)6-7-11(12)9(2)3;1-8(2)10-6-5-9(3)11(10)7-12-4/h5,12H,6-9H2,1-4H3;5,11H,6-8H2,1-4H3;11H,2,5-8H2,1,3-4H3;10H,1,5-7H2,2-4H3. The van der Waals surface area contributed by atoms with E-state index in [1.807, 2.05) is 6.92 Å². The minimum atomic E-state index is 0.588. The van der Waals surface area contributed by atoms with E-state index in [9.17, 15) is 0 Å². The molecule has 0 aromatic carbocycles.